The lowest BCUT2D eigenvalue weighted by molar-refractivity contribution is -0.221. The van der Waals surface area contributed by atoms with E-state index >= 15 is 0 Å². The molecule has 0 aliphatic heterocycles. The van der Waals surface area contributed by atoms with Crippen LogP contribution in [0.25, 0.3) is 0 Å². The Labute approximate surface area is 184 Å². The molecule has 2 aromatic rings. The van der Waals surface area contributed by atoms with Gasteiger partial charge in [-0.05, 0) is 30.5 Å². The summed E-state index contributed by atoms with van der Waals surface area (Å²) in [6, 6.07) is 8.19. The number of amides is 1. The fraction of sp³-hybridized carbons (Fsp3) is 0.500. The van der Waals surface area contributed by atoms with Crippen LogP contribution in [0.4, 0.5) is 24.7 Å². The van der Waals surface area contributed by atoms with Gasteiger partial charge in [0.1, 0.15) is 5.56 Å². The van der Waals surface area contributed by atoms with Crippen LogP contribution in [-0.4, -0.2) is 33.1 Å². The minimum atomic E-state index is -4.75. The van der Waals surface area contributed by atoms with E-state index in [9.17, 15) is 28.3 Å². The summed E-state index contributed by atoms with van der Waals surface area (Å²) in [5, 5.41) is 26.6. The lowest BCUT2D eigenvalue weighted by atomic mass is 9.79. The van der Waals surface area contributed by atoms with Crippen LogP contribution in [0.15, 0.2) is 30.5 Å². The van der Waals surface area contributed by atoms with Gasteiger partial charge >= 0.3 is 6.18 Å². The molecule has 0 spiro atoms. The number of hydrogen-bond donors (Lipinski definition) is 3. The molecule has 1 saturated carbocycles. The molecule has 1 fully saturated rings. The van der Waals surface area contributed by atoms with Crippen LogP contribution in [0, 0.1) is 17.2 Å². The summed E-state index contributed by atoms with van der Waals surface area (Å²) < 4.78 is 40.6. The highest BCUT2D eigenvalue weighted by atomic mass is 19.4. The molecule has 32 heavy (non-hydrogen) atoms. The van der Waals surface area contributed by atoms with Crippen LogP contribution in [-0.2, 0) is 5.41 Å². The summed E-state index contributed by atoms with van der Waals surface area (Å²) in [6.07, 6.45) is -2.28. The maximum Gasteiger partial charge on any atom is 0.415 e. The van der Waals surface area contributed by atoms with E-state index in [0.29, 0.717) is 11.3 Å². The van der Waals surface area contributed by atoms with Crippen LogP contribution in [0.3, 0.4) is 0 Å². The predicted octanol–water partition coefficient (Wildman–Crippen LogP) is 4.18. The number of nitrogens with one attached hydrogen (secondary N) is 1. The second kappa shape index (κ2) is 8.82. The second-order valence-electron chi connectivity index (χ2n) is 8.69. The number of halogens is 3. The first-order chi connectivity index (χ1) is 14.9. The van der Waals surface area contributed by atoms with Gasteiger partial charge in [0.25, 0.3) is 5.91 Å². The quantitative estimate of drug-likeness (QED) is 0.612. The molecule has 0 radical (unpaired) electrons. The lowest BCUT2D eigenvalue weighted by Gasteiger charge is -2.32. The Balaban J connectivity index is 1.85. The number of carbonyl (C=O) groups excluding carboxylic acids is 1. The number of nitrogens with zero attached hydrogens (tertiary/aromatic N) is 3. The number of aromatic nitrogens is 2. The highest BCUT2D eigenvalue weighted by Crippen LogP contribution is 2.37. The standard InChI is InChI=1S/C22H26F3N5O2/c1-21(2,20(32)22(23,24)25)14-7-9-15(10-8-14)28-19-16(18(27)31)12-30(29-19)17-6-4-3-5-13(17)11-26/h7-10,12-13,17,20,32H,3-6H2,1-2H3,(H2,27,31)(H,28,29)/t13?,17-,20-/m1/s1. The van der Waals surface area contributed by atoms with Gasteiger partial charge < -0.3 is 16.2 Å². The summed E-state index contributed by atoms with van der Waals surface area (Å²) >= 11 is 0. The van der Waals surface area contributed by atoms with Crippen LogP contribution < -0.4 is 11.1 Å². The van der Waals surface area contributed by atoms with Gasteiger partial charge in [0, 0.05) is 17.3 Å². The molecular weight excluding hydrogens is 423 g/mol. The van der Waals surface area contributed by atoms with Crippen molar-refractivity contribution in [1.29, 1.82) is 5.26 Å². The van der Waals surface area contributed by atoms with Crippen molar-refractivity contribution in [1.82, 2.24) is 9.78 Å². The summed E-state index contributed by atoms with van der Waals surface area (Å²) in [7, 11) is 0. The third kappa shape index (κ3) is 4.72. The van der Waals surface area contributed by atoms with Crippen molar-refractivity contribution in [2.24, 2.45) is 11.7 Å². The van der Waals surface area contributed by atoms with E-state index in [1.165, 1.54) is 32.2 Å². The SMILES string of the molecule is CC(C)(c1ccc(Nc2nn([C@@H]3CCCCC3C#N)cc2C(N)=O)cc1)[C@@H](O)C(F)(F)F. The Kier molecular flexibility index (Phi) is 6.51. The summed E-state index contributed by atoms with van der Waals surface area (Å²) in [5.74, 6) is -0.685. The molecule has 1 aromatic carbocycles. The number of nitriles is 1. The van der Waals surface area contributed by atoms with Gasteiger partial charge in [-0.25, -0.2) is 0 Å². The van der Waals surface area contributed by atoms with Crippen LogP contribution in [0.1, 0.15) is 61.5 Å². The van der Waals surface area contributed by atoms with Crippen LogP contribution in [0.5, 0.6) is 0 Å². The zero-order chi connectivity index (χ0) is 23.7. The van der Waals surface area contributed by atoms with E-state index in [4.69, 9.17) is 5.73 Å². The van der Waals surface area contributed by atoms with Crippen molar-refractivity contribution < 1.29 is 23.1 Å². The number of benzene rings is 1. The molecule has 0 bridgehead atoms. The van der Waals surface area contributed by atoms with Crippen molar-refractivity contribution in [3.8, 4) is 6.07 Å². The van der Waals surface area contributed by atoms with Crippen LogP contribution in [0.2, 0.25) is 0 Å². The largest absolute Gasteiger partial charge is 0.415 e. The second-order valence-corrected chi connectivity index (χ2v) is 8.69. The molecular formula is C22H26F3N5O2. The Morgan fingerprint density at radius 1 is 1.28 bits per heavy atom. The molecule has 0 saturated heterocycles. The van der Waals surface area contributed by atoms with Gasteiger partial charge in [0.15, 0.2) is 11.9 Å². The molecule has 1 aliphatic carbocycles. The highest BCUT2D eigenvalue weighted by molar-refractivity contribution is 5.98. The molecule has 1 unspecified atom stereocenters. The molecule has 1 aliphatic rings. The number of rotatable bonds is 6. The van der Waals surface area contributed by atoms with E-state index in [2.05, 4.69) is 16.5 Å². The number of primary amides is 1. The van der Waals surface area contributed by atoms with E-state index in [1.54, 1.807) is 16.8 Å². The summed E-state index contributed by atoms with van der Waals surface area (Å²) in [5.41, 5.74) is 4.89. The van der Waals surface area contributed by atoms with Gasteiger partial charge in [0.2, 0.25) is 0 Å². The Hall–Kier alpha value is -3.06. The molecule has 1 heterocycles. The highest BCUT2D eigenvalue weighted by Gasteiger charge is 2.48. The number of aliphatic hydroxyl groups excluding tert-OH is 1. The number of alkyl halides is 3. The molecule has 7 nitrogen and oxygen atoms in total. The lowest BCUT2D eigenvalue weighted by Crippen LogP contribution is -2.44. The normalized spacial score (nSPS) is 20.4. The molecule has 1 aromatic heterocycles. The minimum absolute atomic E-state index is 0.157. The zero-order valence-electron chi connectivity index (χ0n) is 17.9. The number of hydrogen-bond acceptors (Lipinski definition) is 5. The first-order valence-electron chi connectivity index (χ1n) is 10.4. The van der Waals surface area contributed by atoms with Gasteiger partial charge in [-0.3, -0.25) is 9.48 Å². The average Bonchev–Trinajstić information content (AvgIpc) is 3.16. The first-order valence-corrected chi connectivity index (χ1v) is 10.4. The predicted molar refractivity (Wildman–Crippen MR) is 112 cm³/mol. The third-order valence-electron chi connectivity index (χ3n) is 6.12. The fourth-order valence-corrected chi connectivity index (χ4v) is 4.10. The number of nitrogens with two attached hydrogens (primary N) is 1. The average molecular weight is 449 g/mol. The van der Waals surface area contributed by atoms with Gasteiger partial charge in [-0.1, -0.05) is 38.8 Å². The van der Waals surface area contributed by atoms with Gasteiger partial charge in [-0.15, -0.1) is 0 Å². The monoisotopic (exact) mass is 449 g/mol. The Bertz CT molecular complexity index is 1010. The third-order valence-corrected chi connectivity index (χ3v) is 6.12. The summed E-state index contributed by atoms with van der Waals surface area (Å²) in [6.45, 7) is 2.63. The minimum Gasteiger partial charge on any atom is -0.383 e. The van der Waals surface area contributed by atoms with Crippen molar-refractivity contribution >= 4 is 17.4 Å². The fourth-order valence-electron chi connectivity index (χ4n) is 4.10. The van der Waals surface area contributed by atoms with Gasteiger partial charge in [-0.2, -0.15) is 23.5 Å². The molecule has 172 valence electrons. The zero-order valence-corrected chi connectivity index (χ0v) is 17.9. The van der Waals surface area contributed by atoms with E-state index in [-0.39, 0.29) is 23.3 Å². The van der Waals surface area contributed by atoms with E-state index in [1.807, 2.05) is 0 Å². The maximum atomic E-state index is 13.0. The molecule has 3 atom stereocenters. The van der Waals surface area contributed by atoms with Crippen LogP contribution >= 0.6 is 0 Å². The molecule has 4 N–H and O–H groups in total. The Morgan fingerprint density at radius 3 is 2.47 bits per heavy atom. The maximum absolute atomic E-state index is 13.0. The molecule has 3 rings (SSSR count). The topological polar surface area (TPSA) is 117 Å². The molecule has 1 amide bonds. The number of aliphatic hydroxyl groups is 1. The first kappa shape index (κ1) is 23.6. The number of carbonyl (C=O) groups is 1. The van der Waals surface area contributed by atoms with Crippen molar-refractivity contribution in [3.63, 3.8) is 0 Å². The van der Waals surface area contributed by atoms with Crippen molar-refractivity contribution in [2.75, 3.05) is 5.32 Å². The van der Waals surface area contributed by atoms with E-state index in [0.717, 1.165) is 25.7 Å². The summed E-state index contributed by atoms with van der Waals surface area (Å²) in [4.78, 5) is 11.9. The van der Waals surface area contributed by atoms with Gasteiger partial charge in [0.05, 0.1) is 18.0 Å². The van der Waals surface area contributed by atoms with Crippen molar-refractivity contribution in [3.05, 3.63) is 41.6 Å². The Morgan fingerprint density at radius 2 is 1.91 bits per heavy atom. The molecule has 10 heteroatoms. The van der Waals surface area contributed by atoms with E-state index < -0.39 is 23.6 Å². The number of anilines is 2. The van der Waals surface area contributed by atoms with Crippen molar-refractivity contribution in [2.45, 2.75) is 63.3 Å². The smallest absolute Gasteiger partial charge is 0.383 e.